The maximum atomic E-state index is 10.9. The minimum Gasteiger partial charge on any atom is -0.424 e. The number of rotatable bonds is 1. The van der Waals surface area contributed by atoms with E-state index < -0.39 is 8.32 Å². The van der Waals surface area contributed by atoms with Gasteiger partial charge in [0.2, 0.25) is 8.32 Å². The molecule has 0 saturated heterocycles. The van der Waals surface area contributed by atoms with Crippen molar-refractivity contribution in [3.63, 3.8) is 0 Å². The number of allylic oxidation sites excluding steroid dienone is 2. The van der Waals surface area contributed by atoms with Gasteiger partial charge in [-0.3, -0.25) is 0 Å². The molecule has 1 heterocycles. The molecular formula is C14H20OSi. The molecule has 0 aromatic rings. The molecule has 1 N–H and O–H groups in total. The highest BCUT2D eigenvalue weighted by atomic mass is 28.4. The molecule has 4 fully saturated rings. The zero-order valence-corrected chi connectivity index (χ0v) is 10.7. The average Bonchev–Trinajstić information content (AvgIpc) is 2.64. The first-order chi connectivity index (χ1) is 7.74. The van der Waals surface area contributed by atoms with Gasteiger partial charge in [-0.05, 0) is 61.3 Å². The Hall–Kier alpha value is -0.343. The molecule has 0 amide bonds. The third-order valence-corrected chi connectivity index (χ3v) is 9.06. The molecule has 4 saturated carbocycles. The van der Waals surface area contributed by atoms with E-state index in [1.807, 2.05) is 0 Å². The van der Waals surface area contributed by atoms with Crippen LogP contribution in [0.15, 0.2) is 23.6 Å². The molecule has 86 valence electrons. The van der Waals surface area contributed by atoms with E-state index in [4.69, 9.17) is 0 Å². The first-order valence-electron chi connectivity index (χ1n) is 6.84. The Balaban J connectivity index is 1.70. The van der Waals surface area contributed by atoms with E-state index in [9.17, 15) is 4.80 Å². The maximum Gasteiger partial charge on any atom is 0.241 e. The lowest BCUT2D eigenvalue weighted by molar-refractivity contribution is 0.0143. The van der Waals surface area contributed by atoms with Gasteiger partial charge in [-0.2, -0.15) is 0 Å². The summed E-state index contributed by atoms with van der Waals surface area (Å²) in [5.41, 5.74) is 5.00. The van der Waals surface area contributed by atoms with Gasteiger partial charge in [0.15, 0.2) is 0 Å². The molecule has 1 nitrogen and oxygen atoms in total. The van der Waals surface area contributed by atoms with Crippen LogP contribution in [0.1, 0.15) is 32.1 Å². The van der Waals surface area contributed by atoms with Crippen LogP contribution in [-0.4, -0.2) is 13.1 Å². The van der Waals surface area contributed by atoms with Gasteiger partial charge in [-0.25, -0.2) is 0 Å². The average molecular weight is 232 g/mol. The fourth-order valence-corrected chi connectivity index (χ4v) is 8.83. The van der Waals surface area contributed by atoms with Gasteiger partial charge in [0.1, 0.15) is 0 Å². The van der Waals surface area contributed by atoms with Gasteiger partial charge < -0.3 is 4.80 Å². The predicted molar refractivity (Wildman–Crippen MR) is 67.0 cm³/mol. The molecule has 16 heavy (non-hydrogen) atoms. The van der Waals surface area contributed by atoms with Gasteiger partial charge in [-0.1, -0.05) is 23.6 Å². The highest BCUT2D eigenvalue weighted by Gasteiger charge is 2.55. The van der Waals surface area contributed by atoms with Crippen molar-refractivity contribution < 1.29 is 4.80 Å². The third kappa shape index (κ3) is 1.20. The van der Waals surface area contributed by atoms with Crippen LogP contribution in [0.5, 0.6) is 0 Å². The largest absolute Gasteiger partial charge is 0.424 e. The molecule has 5 rings (SSSR count). The Bertz CT molecular complexity index is 331. The SMILES string of the molecule is O[Si]1(C2C3CC4CC(C3)CC2C4)C=CC=C1. The van der Waals surface area contributed by atoms with Crippen LogP contribution < -0.4 is 0 Å². The first-order valence-corrected chi connectivity index (χ1v) is 9.02. The van der Waals surface area contributed by atoms with Crippen LogP contribution in [-0.2, 0) is 0 Å². The Morgan fingerprint density at radius 2 is 1.31 bits per heavy atom. The van der Waals surface area contributed by atoms with Crippen molar-refractivity contribution in [1.29, 1.82) is 0 Å². The lowest BCUT2D eigenvalue weighted by atomic mass is 9.56. The molecule has 0 atom stereocenters. The molecule has 0 aromatic heterocycles. The molecule has 2 heteroatoms. The van der Waals surface area contributed by atoms with Crippen molar-refractivity contribution in [3.05, 3.63) is 23.6 Å². The fraction of sp³-hybridized carbons (Fsp3) is 0.714. The van der Waals surface area contributed by atoms with E-state index in [0.717, 1.165) is 23.7 Å². The van der Waals surface area contributed by atoms with Crippen molar-refractivity contribution >= 4 is 8.32 Å². The molecule has 1 aliphatic heterocycles. The van der Waals surface area contributed by atoms with Gasteiger partial charge in [0, 0.05) is 0 Å². The molecule has 5 aliphatic rings. The monoisotopic (exact) mass is 232 g/mol. The van der Waals surface area contributed by atoms with Crippen molar-refractivity contribution in [2.45, 2.75) is 37.6 Å². The highest BCUT2D eigenvalue weighted by Crippen LogP contribution is 2.61. The molecule has 0 aromatic carbocycles. The van der Waals surface area contributed by atoms with Crippen molar-refractivity contribution in [1.82, 2.24) is 0 Å². The van der Waals surface area contributed by atoms with Gasteiger partial charge >= 0.3 is 0 Å². The van der Waals surface area contributed by atoms with E-state index in [2.05, 4.69) is 23.6 Å². The summed E-state index contributed by atoms with van der Waals surface area (Å²) in [4.78, 5) is 10.9. The quantitative estimate of drug-likeness (QED) is 0.689. The topological polar surface area (TPSA) is 20.2 Å². The van der Waals surface area contributed by atoms with E-state index in [-0.39, 0.29) is 0 Å². The van der Waals surface area contributed by atoms with E-state index in [1.54, 1.807) is 0 Å². The van der Waals surface area contributed by atoms with E-state index >= 15 is 0 Å². The summed E-state index contributed by atoms with van der Waals surface area (Å²) in [6, 6.07) is 0. The Labute approximate surface area is 98.4 Å². The van der Waals surface area contributed by atoms with Crippen LogP contribution in [0.2, 0.25) is 5.54 Å². The van der Waals surface area contributed by atoms with Crippen LogP contribution in [0.25, 0.3) is 0 Å². The molecule has 0 unspecified atom stereocenters. The van der Waals surface area contributed by atoms with Crippen molar-refractivity contribution in [2.75, 3.05) is 0 Å². The predicted octanol–water partition coefficient (Wildman–Crippen LogP) is 2.95. The minimum absolute atomic E-state index is 0.662. The van der Waals surface area contributed by atoms with Gasteiger partial charge in [0.05, 0.1) is 0 Å². The zero-order chi connectivity index (χ0) is 10.8. The summed E-state index contributed by atoms with van der Waals surface area (Å²) < 4.78 is 0. The summed E-state index contributed by atoms with van der Waals surface area (Å²) in [5, 5.41) is 0. The summed E-state index contributed by atoms with van der Waals surface area (Å²) in [6.45, 7) is 0. The van der Waals surface area contributed by atoms with Crippen LogP contribution in [0.4, 0.5) is 0 Å². The first kappa shape index (κ1) is 9.66. The third-order valence-electron chi connectivity index (χ3n) is 5.60. The Morgan fingerprint density at radius 1 is 0.812 bits per heavy atom. The summed E-state index contributed by atoms with van der Waals surface area (Å²) in [7, 11) is -2.15. The lowest BCUT2D eigenvalue weighted by Crippen LogP contribution is -2.52. The normalized spacial score (nSPS) is 51.4. The number of hydrogen-bond acceptors (Lipinski definition) is 1. The summed E-state index contributed by atoms with van der Waals surface area (Å²) in [6.07, 6.45) is 11.4. The molecule has 4 bridgehead atoms. The van der Waals surface area contributed by atoms with Crippen LogP contribution >= 0.6 is 0 Å². The minimum atomic E-state index is -2.15. The highest BCUT2D eigenvalue weighted by molar-refractivity contribution is 6.84. The van der Waals surface area contributed by atoms with Gasteiger partial charge in [0.25, 0.3) is 0 Å². The molecule has 0 radical (unpaired) electrons. The van der Waals surface area contributed by atoms with Crippen molar-refractivity contribution in [3.8, 4) is 0 Å². The second-order valence-corrected chi connectivity index (χ2v) is 9.67. The second-order valence-electron chi connectivity index (χ2n) is 6.56. The molecule has 4 aliphatic carbocycles. The Morgan fingerprint density at radius 3 is 1.81 bits per heavy atom. The Kier molecular flexibility index (Phi) is 1.88. The lowest BCUT2D eigenvalue weighted by Gasteiger charge is -2.56. The zero-order valence-electron chi connectivity index (χ0n) is 9.68. The number of hydrogen-bond donors (Lipinski definition) is 1. The van der Waals surface area contributed by atoms with Crippen LogP contribution in [0.3, 0.4) is 0 Å². The fourth-order valence-electron chi connectivity index (χ4n) is 5.38. The second kappa shape index (κ2) is 3.11. The maximum absolute atomic E-state index is 10.9. The van der Waals surface area contributed by atoms with Crippen LogP contribution in [0, 0.1) is 23.7 Å². The molecular weight excluding hydrogens is 212 g/mol. The summed E-state index contributed by atoms with van der Waals surface area (Å²) in [5.74, 6) is 3.76. The standard InChI is InChI=1S/C14H20OSi/c15-16(3-1-2-4-16)14-12-6-10-5-11(8-12)9-13(14)7-10/h1-4,10-15H,5-9H2. The van der Waals surface area contributed by atoms with E-state index in [0.29, 0.717) is 5.54 Å². The molecule has 0 spiro atoms. The van der Waals surface area contributed by atoms with Gasteiger partial charge in [-0.15, -0.1) is 0 Å². The summed E-state index contributed by atoms with van der Waals surface area (Å²) >= 11 is 0. The van der Waals surface area contributed by atoms with E-state index in [1.165, 1.54) is 32.1 Å². The smallest absolute Gasteiger partial charge is 0.241 e. The van der Waals surface area contributed by atoms with Crippen molar-refractivity contribution in [2.24, 2.45) is 23.7 Å².